The van der Waals surface area contributed by atoms with Crippen LogP contribution in [0.25, 0.3) is 0 Å². The summed E-state index contributed by atoms with van der Waals surface area (Å²) in [6, 6.07) is 6.37. The maximum absolute atomic E-state index is 12.1. The zero-order valence-corrected chi connectivity index (χ0v) is 15.1. The van der Waals surface area contributed by atoms with Crippen molar-refractivity contribution in [1.29, 1.82) is 0 Å². The molecule has 0 aliphatic rings. The molecule has 0 aliphatic carbocycles. The van der Waals surface area contributed by atoms with Crippen molar-refractivity contribution in [3.63, 3.8) is 0 Å². The Morgan fingerprint density at radius 2 is 1.75 bits per heavy atom. The number of nitrogens with one attached hydrogen (secondary N) is 1. The standard InChI is InChI=1S/C16H23NO6S/c1-11(2)22-16(19)14(10-17-12(3)18)9-13-5-7-15(8-6-13)23-24(4,20)21/h5-8,11,14H,9-10H2,1-4H3,(H,17,18). The van der Waals surface area contributed by atoms with Crippen LogP contribution in [0.2, 0.25) is 0 Å². The maximum atomic E-state index is 12.1. The summed E-state index contributed by atoms with van der Waals surface area (Å²) in [6.45, 7) is 5.06. The van der Waals surface area contributed by atoms with E-state index in [0.717, 1.165) is 11.8 Å². The van der Waals surface area contributed by atoms with E-state index in [9.17, 15) is 18.0 Å². The van der Waals surface area contributed by atoms with E-state index in [1.165, 1.54) is 19.1 Å². The van der Waals surface area contributed by atoms with Crippen LogP contribution in [0.1, 0.15) is 26.3 Å². The van der Waals surface area contributed by atoms with Crippen molar-refractivity contribution >= 4 is 22.0 Å². The van der Waals surface area contributed by atoms with E-state index in [2.05, 4.69) is 5.32 Å². The number of hydrogen-bond acceptors (Lipinski definition) is 6. The van der Waals surface area contributed by atoms with Crippen molar-refractivity contribution in [2.75, 3.05) is 12.8 Å². The summed E-state index contributed by atoms with van der Waals surface area (Å²) in [5.41, 5.74) is 0.798. The minimum absolute atomic E-state index is 0.169. The van der Waals surface area contributed by atoms with Gasteiger partial charge in [-0.2, -0.15) is 8.42 Å². The minimum Gasteiger partial charge on any atom is -0.463 e. The summed E-state index contributed by atoms with van der Waals surface area (Å²) in [5, 5.41) is 2.62. The SMILES string of the molecule is CC(=O)NCC(Cc1ccc(OS(C)(=O)=O)cc1)C(=O)OC(C)C. The molecule has 1 N–H and O–H groups in total. The molecule has 0 heterocycles. The quantitative estimate of drug-likeness (QED) is 0.556. The Morgan fingerprint density at radius 1 is 1.17 bits per heavy atom. The molecule has 134 valence electrons. The van der Waals surface area contributed by atoms with E-state index in [0.29, 0.717) is 6.42 Å². The lowest BCUT2D eigenvalue weighted by atomic mass is 9.99. The normalized spacial score (nSPS) is 12.5. The van der Waals surface area contributed by atoms with Gasteiger partial charge in [0, 0.05) is 13.5 Å². The molecule has 0 fully saturated rings. The molecule has 24 heavy (non-hydrogen) atoms. The summed E-state index contributed by atoms with van der Waals surface area (Å²) >= 11 is 0. The average molecular weight is 357 g/mol. The molecular weight excluding hydrogens is 334 g/mol. The molecule has 0 bridgehead atoms. The first-order valence-electron chi connectivity index (χ1n) is 7.50. The van der Waals surface area contributed by atoms with Gasteiger partial charge in [0.15, 0.2) is 0 Å². The van der Waals surface area contributed by atoms with Crippen LogP contribution in [-0.4, -0.2) is 39.2 Å². The number of esters is 1. The number of hydrogen-bond donors (Lipinski definition) is 1. The van der Waals surface area contributed by atoms with Gasteiger partial charge in [0.1, 0.15) is 5.75 Å². The first-order valence-corrected chi connectivity index (χ1v) is 9.32. The Morgan fingerprint density at radius 3 is 2.21 bits per heavy atom. The summed E-state index contributed by atoms with van der Waals surface area (Å²) < 4.78 is 32.1. The molecule has 0 saturated heterocycles. The van der Waals surface area contributed by atoms with E-state index in [1.54, 1.807) is 26.0 Å². The molecule has 0 spiro atoms. The molecule has 1 atom stereocenters. The molecule has 1 aromatic carbocycles. The lowest BCUT2D eigenvalue weighted by Gasteiger charge is -2.18. The van der Waals surface area contributed by atoms with Crippen molar-refractivity contribution in [3.05, 3.63) is 29.8 Å². The molecule has 1 rings (SSSR count). The van der Waals surface area contributed by atoms with Crippen molar-refractivity contribution in [2.24, 2.45) is 5.92 Å². The lowest BCUT2D eigenvalue weighted by Crippen LogP contribution is -2.34. The zero-order chi connectivity index (χ0) is 18.3. The fourth-order valence-electron chi connectivity index (χ4n) is 1.97. The van der Waals surface area contributed by atoms with Gasteiger partial charge in [-0.05, 0) is 38.0 Å². The molecule has 0 saturated carbocycles. The Labute approximate surface area is 142 Å². The van der Waals surface area contributed by atoms with Gasteiger partial charge in [-0.3, -0.25) is 9.59 Å². The topological polar surface area (TPSA) is 98.8 Å². The molecule has 8 heteroatoms. The van der Waals surface area contributed by atoms with Crippen LogP contribution in [0.3, 0.4) is 0 Å². The van der Waals surface area contributed by atoms with Gasteiger partial charge in [-0.15, -0.1) is 0 Å². The van der Waals surface area contributed by atoms with Gasteiger partial charge in [-0.25, -0.2) is 0 Å². The first kappa shape index (κ1) is 20.0. The van der Waals surface area contributed by atoms with E-state index >= 15 is 0 Å². The Hall–Kier alpha value is -2.09. The van der Waals surface area contributed by atoms with Crippen LogP contribution < -0.4 is 9.50 Å². The van der Waals surface area contributed by atoms with Gasteiger partial charge in [0.25, 0.3) is 0 Å². The number of amides is 1. The van der Waals surface area contributed by atoms with Crippen LogP contribution in [0, 0.1) is 5.92 Å². The average Bonchev–Trinajstić information content (AvgIpc) is 2.42. The monoisotopic (exact) mass is 357 g/mol. The van der Waals surface area contributed by atoms with Crippen molar-refractivity contribution in [2.45, 2.75) is 33.3 Å². The third kappa shape index (κ3) is 7.96. The van der Waals surface area contributed by atoms with E-state index in [-0.39, 0.29) is 24.3 Å². The molecule has 7 nitrogen and oxygen atoms in total. The van der Waals surface area contributed by atoms with Gasteiger partial charge < -0.3 is 14.2 Å². The fraction of sp³-hybridized carbons (Fsp3) is 0.500. The summed E-state index contributed by atoms with van der Waals surface area (Å²) in [5.74, 6) is -0.952. The molecular formula is C16H23NO6S. The number of carbonyl (C=O) groups excluding carboxylic acids is 2. The molecule has 1 unspecified atom stereocenters. The number of rotatable bonds is 8. The zero-order valence-electron chi connectivity index (χ0n) is 14.2. The molecule has 1 aromatic rings. The highest BCUT2D eigenvalue weighted by Crippen LogP contribution is 2.17. The minimum atomic E-state index is -3.58. The second kappa shape index (κ2) is 8.68. The van der Waals surface area contributed by atoms with E-state index < -0.39 is 22.0 Å². The highest BCUT2D eigenvalue weighted by molar-refractivity contribution is 7.86. The van der Waals surface area contributed by atoms with Crippen molar-refractivity contribution in [3.8, 4) is 5.75 Å². The number of carbonyl (C=O) groups is 2. The van der Waals surface area contributed by atoms with Gasteiger partial charge in [0.2, 0.25) is 5.91 Å². The molecule has 0 aromatic heterocycles. The van der Waals surface area contributed by atoms with Crippen molar-refractivity contribution < 1.29 is 26.9 Å². The predicted octanol–water partition coefficient (Wildman–Crippen LogP) is 1.27. The fourth-order valence-corrected chi connectivity index (χ4v) is 2.44. The Bertz CT molecular complexity index is 666. The van der Waals surface area contributed by atoms with Crippen LogP contribution >= 0.6 is 0 Å². The lowest BCUT2D eigenvalue weighted by molar-refractivity contribution is -0.152. The molecule has 1 amide bonds. The van der Waals surface area contributed by atoms with Crippen molar-refractivity contribution in [1.82, 2.24) is 5.32 Å². The first-order chi connectivity index (χ1) is 11.1. The summed E-state index contributed by atoms with van der Waals surface area (Å²) in [6.07, 6.45) is 1.07. The highest BCUT2D eigenvalue weighted by atomic mass is 32.2. The van der Waals surface area contributed by atoms with E-state index in [4.69, 9.17) is 8.92 Å². The summed E-state index contributed by atoms with van der Waals surface area (Å²) in [4.78, 5) is 23.2. The second-order valence-electron chi connectivity index (χ2n) is 5.76. The molecule has 0 radical (unpaired) electrons. The van der Waals surface area contributed by atoms with Gasteiger partial charge in [-0.1, -0.05) is 12.1 Å². The smallest absolute Gasteiger partial charge is 0.311 e. The maximum Gasteiger partial charge on any atom is 0.311 e. The second-order valence-corrected chi connectivity index (χ2v) is 7.33. The predicted molar refractivity (Wildman–Crippen MR) is 89.0 cm³/mol. The van der Waals surface area contributed by atoms with Crippen LogP contribution in [0.5, 0.6) is 5.75 Å². The highest BCUT2D eigenvalue weighted by Gasteiger charge is 2.22. The van der Waals surface area contributed by atoms with Gasteiger partial charge in [0.05, 0.1) is 18.3 Å². The Balaban J connectivity index is 2.81. The largest absolute Gasteiger partial charge is 0.463 e. The van der Waals surface area contributed by atoms with Gasteiger partial charge >= 0.3 is 16.1 Å². The van der Waals surface area contributed by atoms with Crippen LogP contribution in [0.4, 0.5) is 0 Å². The van der Waals surface area contributed by atoms with Crippen LogP contribution in [-0.2, 0) is 30.9 Å². The third-order valence-electron chi connectivity index (χ3n) is 2.94. The number of ether oxygens (including phenoxy) is 1. The molecule has 0 aliphatic heterocycles. The Kier molecular flexibility index (Phi) is 7.21. The summed E-state index contributed by atoms with van der Waals surface area (Å²) in [7, 11) is -3.58. The number of benzene rings is 1. The van der Waals surface area contributed by atoms with Crippen LogP contribution in [0.15, 0.2) is 24.3 Å². The van der Waals surface area contributed by atoms with E-state index in [1.807, 2.05) is 0 Å². The third-order valence-corrected chi connectivity index (χ3v) is 3.43.